The van der Waals surface area contributed by atoms with Crippen LogP contribution in [0.2, 0.25) is 0 Å². The van der Waals surface area contributed by atoms with Crippen LogP contribution in [-0.4, -0.2) is 60.2 Å². The summed E-state index contributed by atoms with van der Waals surface area (Å²) in [6, 6.07) is 6.37. The highest BCUT2D eigenvalue weighted by molar-refractivity contribution is 6.06. The predicted molar refractivity (Wildman–Crippen MR) is 120 cm³/mol. The fourth-order valence-corrected chi connectivity index (χ4v) is 5.18. The molecule has 2 aliphatic rings. The molecule has 1 aliphatic carbocycles. The number of halogens is 1. The number of pyridine rings is 2. The molecule has 3 aromatic heterocycles. The first kappa shape index (κ1) is 20.6. The molecule has 1 saturated heterocycles. The molecule has 1 saturated carbocycles. The second-order valence-electron chi connectivity index (χ2n) is 9.11. The Balaban J connectivity index is 1.08. The van der Waals surface area contributed by atoms with Gasteiger partial charge in [0.2, 0.25) is 0 Å². The minimum Gasteiger partial charge on any atom is -0.379 e. The van der Waals surface area contributed by atoms with Crippen LogP contribution in [-0.2, 0) is 16.5 Å². The Hall–Kier alpha value is -2.25. The predicted octanol–water partition coefficient (Wildman–Crippen LogP) is 4.26. The van der Waals surface area contributed by atoms with Crippen LogP contribution in [0.5, 0.6) is 0 Å². The van der Waals surface area contributed by atoms with Crippen LogP contribution in [0.25, 0.3) is 21.9 Å². The van der Waals surface area contributed by atoms with Gasteiger partial charge in [-0.15, -0.1) is 0 Å². The maximum atomic E-state index is 11.9. The number of hydrogen-bond acceptors (Lipinski definition) is 5. The van der Waals surface area contributed by atoms with E-state index in [1.54, 1.807) is 0 Å². The SMILES string of the molecule is Cn1c2ccncc2c2ccc(N3CC4(CC(OCCCCCOCCF)C4)C3)nc21. The monoisotopic (exact) mass is 426 g/mol. The molecule has 0 amide bonds. The Morgan fingerprint density at radius 3 is 2.74 bits per heavy atom. The Kier molecular flexibility index (Phi) is 5.80. The van der Waals surface area contributed by atoms with Gasteiger partial charge in [-0.3, -0.25) is 4.98 Å². The first-order valence-electron chi connectivity index (χ1n) is 11.4. The van der Waals surface area contributed by atoms with Gasteiger partial charge in [-0.05, 0) is 50.3 Å². The van der Waals surface area contributed by atoms with Gasteiger partial charge in [-0.25, -0.2) is 9.37 Å². The summed E-state index contributed by atoms with van der Waals surface area (Å²) in [6.45, 7) is 3.45. The van der Waals surface area contributed by atoms with Crippen molar-refractivity contribution in [3.8, 4) is 0 Å². The number of ether oxygens (including phenoxy) is 2. The van der Waals surface area contributed by atoms with Crippen molar-refractivity contribution in [3.05, 3.63) is 30.6 Å². The topological polar surface area (TPSA) is 52.4 Å². The van der Waals surface area contributed by atoms with E-state index in [-0.39, 0.29) is 6.61 Å². The summed E-state index contributed by atoms with van der Waals surface area (Å²) in [7, 11) is 2.07. The third-order valence-corrected chi connectivity index (χ3v) is 6.83. The van der Waals surface area contributed by atoms with Gasteiger partial charge in [0.15, 0.2) is 0 Å². The van der Waals surface area contributed by atoms with Gasteiger partial charge in [-0.2, -0.15) is 0 Å². The van der Waals surface area contributed by atoms with Crippen molar-refractivity contribution >= 4 is 27.8 Å². The van der Waals surface area contributed by atoms with Gasteiger partial charge in [-0.1, -0.05) is 0 Å². The molecule has 0 radical (unpaired) electrons. The summed E-state index contributed by atoms with van der Waals surface area (Å²) in [5, 5.41) is 2.32. The van der Waals surface area contributed by atoms with E-state index in [0.29, 0.717) is 18.1 Å². The first-order chi connectivity index (χ1) is 15.2. The number of hydrogen-bond donors (Lipinski definition) is 0. The average Bonchev–Trinajstić information content (AvgIpc) is 3.02. The molecule has 4 heterocycles. The number of anilines is 1. The lowest BCUT2D eigenvalue weighted by atomic mass is 9.62. The van der Waals surface area contributed by atoms with Crippen molar-refractivity contribution < 1.29 is 13.9 Å². The molecule has 1 aliphatic heterocycles. The Morgan fingerprint density at radius 2 is 1.90 bits per heavy atom. The van der Waals surface area contributed by atoms with Crippen LogP contribution < -0.4 is 4.90 Å². The van der Waals surface area contributed by atoms with Crippen molar-refractivity contribution in [1.82, 2.24) is 14.5 Å². The lowest BCUT2D eigenvalue weighted by molar-refractivity contribution is -0.0937. The molecule has 0 N–H and O–H groups in total. The quantitative estimate of drug-likeness (QED) is 0.454. The van der Waals surface area contributed by atoms with Crippen molar-refractivity contribution in [2.45, 2.75) is 38.2 Å². The van der Waals surface area contributed by atoms with Gasteiger partial charge in [0.05, 0.1) is 18.2 Å². The molecule has 2 fully saturated rings. The normalized spacial score (nSPS) is 18.1. The molecule has 6 nitrogen and oxygen atoms in total. The third kappa shape index (κ3) is 4.01. The Labute approximate surface area is 182 Å². The summed E-state index contributed by atoms with van der Waals surface area (Å²) in [5.41, 5.74) is 2.61. The molecule has 0 atom stereocenters. The highest BCUT2D eigenvalue weighted by Gasteiger charge is 2.53. The van der Waals surface area contributed by atoms with Crippen molar-refractivity contribution in [2.75, 3.05) is 44.5 Å². The summed E-state index contributed by atoms with van der Waals surface area (Å²) < 4.78 is 25.3. The van der Waals surface area contributed by atoms with E-state index in [2.05, 4.69) is 33.6 Å². The fraction of sp³-hybridized carbons (Fsp3) is 0.583. The molecule has 0 aromatic carbocycles. The van der Waals surface area contributed by atoms with Crippen molar-refractivity contribution in [1.29, 1.82) is 0 Å². The number of alkyl halides is 1. The van der Waals surface area contributed by atoms with Crippen LogP contribution in [0.1, 0.15) is 32.1 Å². The lowest BCUT2D eigenvalue weighted by Crippen LogP contribution is -2.64. The zero-order valence-electron chi connectivity index (χ0n) is 18.2. The number of rotatable bonds is 10. The minimum atomic E-state index is -0.393. The van der Waals surface area contributed by atoms with Crippen LogP contribution in [0.4, 0.5) is 10.2 Å². The molecule has 31 heavy (non-hydrogen) atoms. The van der Waals surface area contributed by atoms with Gasteiger partial charge in [0.1, 0.15) is 18.1 Å². The van der Waals surface area contributed by atoms with E-state index >= 15 is 0 Å². The molecule has 166 valence electrons. The maximum Gasteiger partial charge on any atom is 0.143 e. The lowest BCUT2D eigenvalue weighted by Gasteiger charge is -2.59. The van der Waals surface area contributed by atoms with E-state index < -0.39 is 6.67 Å². The third-order valence-electron chi connectivity index (χ3n) is 6.83. The van der Waals surface area contributed by atoms with Crippen LogP contribution in [0.15, 0.2) is 30.6 Å². The summed E-state index contributed by atoms with van der Waals surface area (Å²) in [6.07, 6.45) is 9.60. The molecule has 3 aromatic rings. The van der Waals surface area contributed by atoms with Crippen LogP contribution in [0, 0.1) is 5.41 Å². The number of unbranched alkanes of at least 4 members (excludes halogenated alkanes) is 2. The van der Waals surface area contributed by atoms with E-state index in [1.165, 1.54) is 5.52 Å². The molecular formula is C24H31FN4O2. The zero-order chi connectivity index (χ0) is 21.3. The maximum absolute atomic E-state index is 11.9. The van der Waals surface area contributed by atoms with Crippen LogP contribution >= 0.6 is 0 Å². The molecule has 1 spiro atoms. The number of nitrogens with zero attached hydrogens (tertiary/aromatic N) is 4. The number of fused-ring (bicyclic) bond motifs is 3. The summed E-state index contributed by atoms with van der Waals surface area (Å²) >= 11 is 0. The number of aryl methyl sites for hydroxylation is 1. The first-order valence-corrected chi connectivity index (χ1v) is 11.4. The standard InChI is InChI=1S/C24H31FN4O2/c1-28-21-7-9-26-15-20(21)19-5-6-22(27-23(19)28)29-16-24(17-29)13-18(14-24)31-11-4-2-3-10-30-12-8-25/h5-7,9,15,18H,2-4,8,10-14,16-17H2,1H3. The van der Waals surface area contributed by atoms with Gasteiger partial charge in [0.25, 0.3) is 0 Å². The number of aromatic nitrogens is 3. The van der Waals surface area contributed by atoms with Gasteiger partial charge < -0.3 is 18.9 Å². The molecule has 0 bridgehead atoms. The largest absolute Gasteiger partial charge is 0.379 e. The molecule has 5 rings (SSSR count). The zero-order valence-corrected chi connectivity index (χ0v) is 18.2. The van der Waals surface area contributed by atoms with Crippen LogP contribution in [0.3, 0.4) is 0 Å². The minimum absolute atomic E-state index is 0.223. The molecule has 0 unspecified atom stereocenters. The van der Waals surface area contributed by atoms with E-state index in [4.69, 9.17) is 14.5 Å². The van der Waals surface area contributed by atoms with Gasteiger partial charge in [0, 0.05) is 61.9 Å². The second-order valence-corrected chi connectivity index (χ2v) is 9.11. The van der Waals surface area contributed by atoms with E-state index in [9.17, 15) is 4.39 Å². The van der Waals surface area contributed by atoms with Gasteiger partial charge >= 0.3 is 0 Å². The Bertz CT molecular complexity index is 1040. The summed E-state index contributed by atoms with van der Waals surface area (Å²) in [5.74, 6) is 1.07. The smallest absolute Gasteiger partial charge is 0.143 e. The summed E-state index contributed by atoms with van der Waals surface area (Å²) in [4.78, 5) is 11.6. The highest BCUT2D eigenvalue weighted by atomic mass is 19.1. The second kappa shape index (κ2) is 8.71. The van der Waals surface area contributed by atoms with Crippen molar-refractivity contribution in [3.63, 3.8) is 0 Å². The van der Waals surface area contributed by atoms with Crippen molar-refractivity contribution in [2.24, 2.45) is 12.5 Å². The van der Waals surface area contributed by atoms with E-state index in [1.807, 2.05) is 18.5 Å². The average molecular weight is 427 g/mol. The highest BCUT2D eigenvalue weighted by Crippen LogP contribution is 2.50. The van der Waals surface area contributed by atoms with E-state index in [0.717, 1.165) is 74.0 Å². The fourth-order valence-electron chi connectivity index (χ4n) is 5.18. The molecular weight excluding hydrogens is 395 g/mol. The molecule has 7 heteroatoms. The Morgan fingerprint density at radius 1 is 1.06 bits per heavy atom.